The van der Waals surface area contributed by atoms with Gasteiger partial charge in [0.1, 0.15) is 6.61 Å². The monoisotopic (exact) mass is 238 g/mol. The van der Waals surface area contributed by atoms with E-state index >= 15 is 0 Å². The molecular formula is C13H22N2O2. The highest BCUT2D eigenvalue weighted by atomic mass is 16.5. The molecule has 0 spiro atoms. The summed E-state index contributed by atoms with van der Waals surface area (Å²) >= 11 is 0. The number of aromatic nitrogens is 1. The van der Waals surface area contributed by atoms with E-state index in [9.17, 15) is 0 Å². The Morgan fingerprint density at radius 2 is 2.06 bits per heavy atom. The summed E-state index contributed by atoms with van der Waals surface area (Å²) in [6.07, 6.45) is 0. The number of hydrogen-bond acceptors (Lipinski definition) is 4. The predicted molar refractivity (Wildman–Crippen MR) is 68.0 cm³/mol. The fourth-order valence-corrected chi connectivity index (χ4v) is 1.42. The van der Waals surface area contributed by atoms with Gasteiger partial charge in [0.25, 0.3) is 0 Å². The van der Waals surface area contributed by atoms with E-state index in [1.54, 1.807) is 0 Å². The molecule has 0 amide bonds. The summed E-state index contributed by atoms with van der Waals surface area (Å²) < 4.78 is 10.9. The van der Waals surface area contributed by atoms with E-state index in [-0.39, 0.29) is 0 Å². The van der Waals surface area contributed by atoms with Crippen molar-refractivity contribution in [3.63, 3.8) is 0 Å². The Morgan fingerprint density at radius 3 is 2.71 bits per heavy atom. The van der Waals surface area contributed by atoms with E-state index in [4.69, 9.17) is 15.2 Å². The van der Waals surface area contributed by atoms with E-state index in [2.05, 4.69) is 18.8 Å². The Balaban J connectivity index is 2.33. The molecule has 0 aliphatic rings. The van der Waals surface area contributed by atoms with Crippen molar-refractivity contribution in [2.75, 3.05) is 19.8 Å². The lowest BCUT2D eigenvalue weighted by Crippen LogP contribution is -2.11. The molecule has 2 N–H and O–H groups in total. The van der Waals surface area contributed by atoms with Crippen LogP contribution in [0, 0.1) is 12.8 Å². The number of rotatable bonds is 7. The standard InChI is InChI=1S/C13H22N2O2/c1-10(2)9-16-4-5-17-13-7-12(8-14)6-11(3)15-13/h6-7,10H,4-5,8-9,14H2,1-3H3. The second-order valence-corrected chi connectivity index (χ2v) is 4.48. The van der Waals surface area contributed by atoms with Crippen LogP contribution in [0.25, 0.3) is 0 Å². The lowest BCUT2D eigenvalue weighted by atomic mass is 10.2. The highest BCUT2D eigenvalue weighted by Gasteiger charge is 2.00. The Bertz CT molecular complexity index is 340. The summed E-state index contributed by atoms with van der Waals surface area (Å²) in [5, 5.41) is 0. The lowest BCUT2D eigenvalue weighted by molar-refractivity contribution is 0.0805. The van der Waals surface area contributed by atoms with Crippen molar-refractivity contribution >= 4 is 0 Å². The molecule has 0 unspecified atom stereocenters. The van der Waals surface area contributed by atoms with Gasteiger partial charge in [-0.05, 0) is 24.5 Å². The van der Waals surface area contributed by atoms with Crippen molar-refractivity contribution in [2.24, 2.45) is 11.7 Å². The van der Waals surface area contributed by atoms with E-state index in [1.165, 1.54) is 0 Å². The first-order chi connectivity index (χ1) is 8.11. The minimum Gasteiger partial charge on any atom is -0.475 e. The Hall–Kier alpha value is -1.13. The van der Waals surface area contributed by atoms with Crippen LogP contribution in [-0.2, 0) is 11.3 Å². The van der Waals surface area contributed by atoms with Gasteiger partial charge in [0.05, 0.1) is 6.61 Å². The Labute approximate surface area is 103 Å². The van der Waals surface area contributed by atoms with Crippen LogP contribution < -0.4 is 10.5 Å². The number of nitrogens with zero attached hydrogens (tertiary/aromatic N) is 1. The van der Waals surface area contributed by atoms with Gasteiger partial charge in [-0.15, -0.1) is 0 Å². The topological polar surface area (TPSA) is 57.4 Å². The smallest absolute Gasteiger partial charge is 0.213 e. The van der Waals surface area contributed by atoms with Crippen molar-refractivity contribution in [3.05, 3.63) is 23.4 Å². The van der Waals surface area contributed by atoms with Crippen LogP contribution in [0.3, 0.4) is 0 Å². The van der Waals surface area contributed by atoms with Crippen molar-refractivity contribution in [1.29, 1.82) is 0 Å². The summed E-state index contributed by atoms with van der Waals surface area (Å²) in [7, 11) is 0. The van der Waals surface area contributed by atoms with Crippen LogP contribution in [0.5, 0.6) is 5.88 Å². The van der Waals surface area contributed by atoms with Gasteiger partial charge in [-0.2, -0.15) is 0 Å². The highest BCUT2D eigenvalue weighted by Crippen LogP contribution is 2.11. The predicted octanol–water partition coefficient (Wildman–Crippen LogP) is 1.90. The second kappa shape index (κ2) is 7.25. The van der Waals surface area contributed by atoms with Crippen LogP contribution in [0.2, 0.25) is 0 Å². The quantitative estimate of drug-likeness (QED) is 0.737. The van der Waals surface area contributed by atoms with Crippen LogP contribution in [0.1, 0.15) is 25.1 Å². The first-order valence-corrected chi connectivity index (χ1v) is 6.00. The molecule has 4 nitrogen and oxygen atoms in total. The van der Waals surface area contributed by atoms with E-state index in [1.807, 2.05) is 19.1 Å². The van der Waals surface area contributed by atoms with Gasteiger partial charge in [0, 0.05) is 24.9 Å². The molecule has 17 heavy (non-hydrogen) atoms. The van der Waals surface area contributed by atoms with Gasteiger partial charge in [-0.1, -0.05) is 13.8 Å². The molecule has 1 rings (SSSR count). The molecular weight excluding hydrogens is 216 g/mol. The third kappa shape index (κ3) is 5.65. The molecule has 1 heterocycles. The van der Waals surface area contributed by atoms with E-state index < -0.39 is 0 Å². The molecule has 0 saturated heterocycles. The van der Waals surface area contributed by atoms with Crippen molar-refractivity contribution < 1.29 is 9.47 Å². The number of aryl methyl sites for hydroxylation is 1. The van der Waals surface area contributed by atoms with Crippen LogP contribution in [0.15, 0.2) is 12.1 Å². The number of pyridine rings is 1. The fourth-order valence-electron chi connectivity index (χ4n) is 1.42. The third-order valence-electron chi connectivity index (χ3n) is 2.15. The van der Waals surface area contributed by atoms with Gasteiger partial charge >= 0.3 is 0 Å². The molecule has 0 fully saturated rings. The lowest BCUT2D eigenvalue weighted by Gasteiger charge is -2.09. The molecule has 1 aromatic rings. The average Bonchev–Trinajstić information content (AvgIpc) is 2.27. The minimum atomic E-state index is 0.504. The zero-order valence-corrected chi connectivity index (χ0v) is 10.9. The molecule has 0 saturated carbocycles. The van der Waals surface area contributed by atoms with Crippen LogP contribution in [0.4, 0.5) is 0 Å². The van der Waals surface area contributed by atoms with Crippen LogP contribution in [-0.4, -0.2) is 24.8 Å². The minimum absolute atomic E-state index is 0.504. The Kier molecular flexibility index (Phi) is 5.94. The normalized spacial score (nSPS) is 10.9. The van der Waals surface area contributed by atoms with Gasteiger partial charge in [-0.25, -0.2) is 4.98 Å². The number of hydrogen-bond donors (Lipinski definition) is 1. The summed E-state index contributed by atoms with van der Waals surface area (Å²) in [5.41, 5.74) is 7.55. The molecule has 1 aromatic heterocycles. The maximum Gasteiger partial charge on any atom is 0.213 e. The summed E-state index contributed by atoms with van der Waals surface area (Å²) in [5.74, 6) is 1.18. The summed E-state index contributed by atoms with van der Waals surface area (Å²) in [4.78, 5) is 4.28. The zero-order chi connectivity index (χ0) is 12.7. The maximum atomic E-state index is 5.59. The molecule has 96 valence electrons. The number of ether oxygens (including phenoxy) is 2. The first-order valence-electron chi connectivity index (χ1n) is 6.00. The second-order valence-electron chi connectivity index (χ2n) is 4.48. The fraction of sp³-hybridized carbons (Fsp3) is 0.615. The Morgan fingerprint density at radius 1 is 1.29 bits per heavy atom. The summed E-state index contributed by atoms with van der Waals surface area (Å²) in [6.45, 7) is 8.55. The molecule has 0 aliphatic heterocycles. The summed E-state index contributed by atoms with van der Waals surface area (Å²) in [6, 6.07) is 3.83. The van der Waals surface area contributed by atoms with E-state index in [0.717, 1.165) is 17.9 Å². The molecule has 0 aliphatic carbocycles. The average molecular weight is 238 g/mol. The number of nitrogens with two attached hydrogens (primary N) is 1. The van der Waals surface area contributed by atoms with Gasteiger partial charge in [0.2, 0.25) is 5.88 Å². The van der Waals surface area contributed by atoms with E-state index in [0.29, 0.717) is 31.6 Å². The molecule has 4 heteroatoms. The first kappa shape index (κ1) is 13.9. The molecule has 0 radical (unpaired) electrons. The maximum absolute atomic E-state index is 5.59. The van der Waals surface area contributed by atoms with Crippen LogP contribution >= 0.6 is 0 Å². The molecule has 0 bridgehead atoms. The zero-order valence-electron chi connectivity index (χ0n) is 10.9. The highest BCUT2D eigenvalue weighted by molar-refractivity contribution is 5.24. The molecule has 0 aromatic carbocycles. The third-order valence-corrected chi connectivity index (χ3v) is 2.15. The SMILES string of the molecule is Cc1cc(CN)cc(OCCOCC(C)C)n1. The van der Waals surface area contributed by atoms with Gasteiger partial charge in [-0.3, -0.25) is 0 Å². The van der Waals surface area contributed by atoms with Crippen molar-refractivity contribution in [2.45, 2.75) is 27.3 Å². The van der Waals surface area contributed by atoms with Crippen molar-refractivity contribution in [1.82, 2.24) is 4.98 Å². The molecule has 0 atom stereocenters. The van der Waals surface area contributed by atoms with Gasteiger partial charge in [0.15, 0.2) is 0 Å². The van der Waals surface area contributed by atoms with Gasteiger partial charge < -0.3 is 15.2 Å². The van der Waals surface area contributed by atoms with Crippen molar-refractivity contribution in [3.8, 4) is 5.88 Å². The largest absolute Gasteiger partial charge is 0.475 e.